The Balaban J connectivity index is 1.86. The molecule has 1 aromatic rings. The van der Waals surface area contributed by atoms with Crippen LogP contribution in [0.25, 0.3) is 0 Å². The molecule has 178 valence electrons. The number of aliphatic carboxylic acids is 1. The largest absolute Gasteiger partial charge is 0.481 e. The normalized spacial score (nSPS) is 21.2. The van der Waals surface area contributed by atoms with Crippen LogP contribution < -0.4 is 0 Å². The summed E-state index contributed by atoms with van der Waals surface area (Å²) in [5, 5.41) is 29.9. The molecule has 32 heavy (non-hydrogen) atoms. The Morgan fingerprint density at radius 2 is 1.81 bits per heavy atom. The fourth-order valence-electron chi connectivity index (χ4n) is 4.84. The third-order valence-corrected chi connectivity index (χ3v) is 6.66. The molecule has 3 N–H and O–H groups in total. The lowest BCUT2D eigenvalue weighted by Gasteiger charge is -2.33. The lowest BCUT2D eigenvalue weighted by atomic mass is 9.75. The van der Waals surface area contributed by atoms with E-state index in [0.717, 1.165) is 32.1 Å². The lowest BCUT2D eigenvalue weighted by Crippen LogP contribution is -2.30. The molecule has 1 saturated carbocycles. The van der Waals surface area contributed by atoms with Gasteiger partial charge in [0.15, 0.2) is 0 Å². The van der Waals surface area contributed by atoms with Crippen LogP contribution in [0, 0.1) is 11.8 Å². The minimum absolute atomic E-state index is 0.118. The van der Waals surface area contributed by atoms with Crippen molar-refractivity contribution in [3.05, 3.63) is 59.7 Å². The van der Waals surface area contributed by atoms with Crippen molar-refractivity contribution in [2.45, 2.75) is 96.2 Å². The van der Waals surface area contributed by atoms with Crippen molar-refractivity contribution < 1.29 is 20.1 Å². The first-order valence-corrected chi connectivity index (χ1v) is 12.5. The van der Waals surface area contributed by atoms with Crippen LogP contribution in [0.4, 0.5) is 0 Å². The Kier molecular flexibility index (Phi) is 12.4. The highest BCUT2D eigenvalue weighted by molar-refractivity contribution is 5.66. The zero-order valence-electron chi connectivity index (χ0n) is 19.7. The van der Waals surface area contributed by atoms with Gasteiger partial charge >= 0.3 is 5.97 Å². The number of rotatable bonds is 14. The SMILES string of the molecule is CCCCCc1ccccc1CC(O)C=CC=CC1CCCCC1C(O)CCCC(=O)O. The van der Waals surface area contributed by atoms with Crippen molar-refractivity contribution in [1.82, 2.24) is 0 Å². The number of hydrogen-bond donors (Lipinski definition) is 3. The van der Waals surface area contributed by atoms with Gasteiger partial charge in [-0.05, 0) is 61.5 Å². The second-order valence-corrected chi connectivity index (χ2v) is 9.23. The van der Waals surface area contributed by atoms with Crippen LogP contribution in [0.2, 0.25) is 0 Å². The number of aliphatic hydroxyl groups excluding tert-OH is 2. The highest BCUT2D eigenvalue weighted by atomic mass is 16.4. The van der Waals surface area contributed by atoms with E-state index in [1.165, 1.54) is 30.4 Å². The molecule has 1 aromatic carbocycles. The van der Waals surface area contributed by atoms with E-state index in [4.69, 9.17) is 5.11 Å². The Labute approximate surface area is 194 Å². The zero-order valence-corrected chi connectivity index (χ0v) is 19.7. The van der Waals surface area contributed by atoms with E-state index in [1.54, 1.807) is 0 Å². The molecule has 0 radical (unpaired) electrons. The third kappa shape index (κ3) is 9.70. The Bertz CT molecular complexity index is 724. The number of carboxylic acids is 1. The molecule has 0 saturated heterocycles. The second-order valence-electron chi connectivity index (χ2n) is 9.23. The highest BCUT2D eigenvalue weighted by Crippen LogP contribution is 2.35. The maximum absolute atomic E-state index is 10.7. The number of carboxylic acid groups (broad SMARTS) is 1. The molecule has 1 aliphatic rings. The van der Waals surface area contributed by atoms with Gasteiger partial charge in [0.25, 0.3) is 0 Å². The van der Waals surface area contributed by atoms with Crippen LogP contribution in [0.15, 0.2) is 48.6 Å². The van der Waals surface area contributed by atoms with Gasteiger partial charge in [-0.1, -0.05) is 81.2 Å². The van der Waals surface area contributed by atoms with Crippen LogP contribution >= 0.6 is 0 Å². The average Bonchev–Trinajstić information content (AvgIpc) is 2.78. The smallest absolute Gasteiger partial charge is 0.303 e. The summed E-state index contributed by atoms with van der Waals surface area (Å²) < 4.78 is 0. The molecule has 1 fully saturated rings. The highest BCUT2D eigenvalue weighted by Gasteiger charge is 2.28. The van der Waals surface area contributed by atoms with Crippen LogP contribution in [-0.4, -0.2) is 33.5 Å². The molecule has 0 bridgehead atoms. The lowest BCUT2D eigenvalue weighted by molar-refractivity contribution is -0.137. The van der Waals surface area contributed by atoms with Crippen LogP contribution in [0.3, 0.4) is 0 Å². The molecule has 2 rings (SSSR count). The van der Waals surface area contributed by atoms with Gasteiger partial charge < -0.3 is 15.3 Å². The second kappa shape index (κ2) is 15.0. The third-order valence-electron chi connectivity index (χ3n) is 6.66. The minimum atomic E-state index is -0.801. The molecule has 4 heteroatoms. The topological polar surface area (TPSA) is 77.8 Å². The number of benzene rings is 1. The van der Waals surface area contributed by atoms with E-state index < -0.39 is 18.2 Å². The standard InChI is InChI=1S/C28H42O4/c1-2-3-4-12-22-13-5-6-16-24(22)21-25(29)17-9-7-14-23-15-8-10-18-26(23)27(30)19-11-20-28(31)32/h5-7,9,13-14,16-17,23,25-27,29-30H,2-4,8,10-12,15,18-21H2,1H3,(H,31,32). The predicted octanol–water partition coefficient (Wildman–Crippen LogP) is 5.86. The first-order valence-electron chi connectivity index (χ1n) is 12.5. The monoisotopic (exact) mass is 442 g/mol. The van der Waals surface area contributed by atoms with Crippen LogP contribution in [0.1, 0.15) is 82.3 Å². The summed E-state index contributed by atoms with van der Waals surface area (Å²) in [5.74, 6) is -0.295. The van der Waals surface area contributed by atoms with Gasteiger partial charge in [-0.3, -0.25) is 4.79 Å². The van der Waals surface area contributed by atoms with Gasteiger partial charge in [0.05, 0.1) is 12.2 Å². The molecule has 0 amide bonds. The van der Waals surface area contributed by atoms with Gasteiger partial charge in [0, 0.05) is 12.8 Å². The van der Waals surface area contributed by atoms with Crippen molar-refractivity contribution in [3.8, 4) is 0 Å². The molecule has 4 nitrogen and oxygen atoms in total. The zero-order chi connectivity index (χ0) is 23.2. The van der Waals surface area contributed by atoms with Gasteiger partial charge in [-0.15, -0.1) is 0 Å². The Hall–Kier alpha value is -1.91. The van der Waals surface area contributed by atoms with E-state index in [0.29, 0.717) is 25.2 Å². The minimum Gasteiger partial charge on any atom is -0.481 e. The summed E-state index contributed by atoms with van der Waals surface area (Å²) in [5.41, 5.74) is 2.56. The van der Waals surface area contributed by atoms with Crippen molar-refractivity contribution >= 4 is 5.97 Å². The predicted molar refractivity (Wildman–Crippen MR) is 131 cm³/mol. The van der Waals surface area contributed by atoms with Gasteiger partial charge in [0.2, 0.25) is 0 Å². The van der Waals surface area contributed by atoms with Crippen LogP contribution in [0.5, 0.6) is 0 Å². The Morgan fingerprint density at radius 3 is 2.56 bits per heavy atom. The maximum atomic E-state index is 10.7. The molecular weight excluding hydrogens is 400 g/mol. The molecule has 1 aliphatic carbocycles. The molecule has 4 unspecified atom stereocenters. The van der Waals surface area contributed by atoms with E-state index in [-0.39, 0.29) is 12.3 Å². The number of unbranched alkanes of at least 4 members (excludes halogenated alkanes) is 2. The summed E-state index contributed by atoms with van der Waals surface area (Å²) in [6.07, 6.45) is 17.8. The van der Waals surface area contributed by atoms with Crippen molar-refractivity contribution in [3.63, 3.8) is 0 Å². The fraction of sp³-hybridized carbons (Fsp3) is 0.607. The van der Waals surface area contributed by atoms with E-state index in [1.807, 2.05) is 24.3 Å². The van der Waals surface area contributed by atoms with Crippen molar-refractivity contribution in [2.24, 2.45) is 11.8 Å². The van der Waals surface area contributed by atoms with Crippen LogP contribution in [-0.2, 0) is 17.6 Å². The van der Waals surface area contributed by atoms with E-state index in [9.17, 15) is 15.0 Å². The summed E-state index contributed by atoms with van der Waals surface area (Å²) in [6, 6.07) is 8.41. The first-order chi connectivity index (χ1) is 15.5. The fourth-order valence-corrected chi connectivity index (χ4v) is 4.84. The Morgan fingerprint density at radius 1 is 1.06 bits per heavy atom. The number of carbonyl (C=O) groups is 1. The molecule has 0 aliphatic heterocycles. The number of allylic oxidation sites excluding steroid dienone is 3. The van der Waals surface area contributed by atoms with Gasteiger partial charge in [-0.2, -0.15) is 0 Å². The summed E-state index contributed by atoms with van der Waals surface area (Å²) in [4.78, 5) is 10.7. The molecule has 0 spiro atoms. The molecule has 0 aromatic heterocycles. The van der Waals surface area contributed by atoms with Gasteiger partial charge in [-0.25, -0.2) is 0 Å². The van der Waals surface area contributed by atoms with E-state index in [2.05, 4.69) is 31.2 Å². The molecule has 4 atom stereocenters. The van der Waals surface area contributed by atoms with E-state index >= 15 is 0 Å². The number of aryl methyl sites for hydroxylation is 1. The first kappa shape index (κ1) is 26.3. The average molecular weight is 443 g/mol. The molecule has 0 heterocycles. The summed E-state index contributed by atoms with van der Waals surface area (Å²) >= 11 is 0. The van der Waals surface area contributed by atoms with Crippen molar-refractivity contribution in [2.75, 3.05) is 0 Å². The number of aliphatic hydroxyl groups is 2. The van der Waals surface area contributed by atoms with Gasteiger partial charge in [0.1, 0.15) is 0 Å². The quantitative estimate of drug-likeness (QED) is 0.249. The van der Waals surface area contributed by atoms with Crippen molar-refractivity contribution in [1.29, 1.82) is 0 Å². The summed E-state index contributed by atoms with van der Waals surface area (Å²) in [6.45, 7) is 2.21. The summed E-state index contributed by atoms with van der Waals surface area (Å²) in [7, 11) is 0. The maximum Gasteiger partial charge on any atom is 0.303 e. The molecular formula is C28H42O4. The number of hydrogen-bond acceptors (Lipinski definition) is 3.